The van der Waals surface area contributed by atoms with E-state index in [1.807, 2.05) is 37.3 Å². The Labute approximate surface area is 251 Å². The van der Waals surface area contributed by atoms with E-state index in [0.29, 0.717) is 54.6 Å². The summed E-state index contributed by atoms with van der Waals surface area (Å²) in [5, 5.41) is 3.61. The zero-order chi connectivity index (χ0) is 29.4. The lowest BCUT2D eigenvalue weighted by Crippen LogP contribution is -2.51. The lowest BCUT2D eigenvalue weighted by Gasteiger charge is -2.39. The minimum Gasteiger partial charge on any atom is -0.334 e. The highest BCUT2D eigenvalue weighted by Crippen LogP contribution is 2.26. The van der Waals surface area contributed by atoms with Gasteiger partial charge in [-0.15, -0.1) is 0 Å². The minimum absolute atomic E-state index is 0.153. The SMILES string of the molecule is CCCN(CC(=O)N(Cc1ccccc1)C1CCN(C(=O)Nc2ccc(Cl)c(Cl)c2)CC1)S(=O)(=O)c1ccccc1. The summed E-state index contributed by atoms with van der Waals surface area (Å²) in [5.74, 6) is -0.263. The van der Waals surface area contributed by atoms with E-state index >= 15 is 0 Å². The molecule has 0 atom stereocenters. The summed E-state index contributed by atoms with van der Waals surface area (Å²) in [5.41, 5.74) is 1.50. The molecule has 1 saturated heterocycles. The average Bonchev–Trinajstić information content (AvgIpc) is 2.98. The number of hydrogen-bond donors (Lipinski definition) is 1. The summed E-state index contributed by atoms with van der Waals surface area (Å²) < 4.78 is 28.1. The maximum atomic E-state index is 13.8. The van der Waals surface area contributed by atoms with Crippen LogP contribution in [0.1, 0.15) is 31.7 Å². The summed E-state index contributed by atoms with van der Waals surface area (Å²) >= 11 is 12.1. The molecule has 3 aromatic rings. The second-order valence-corrected chi connectivity index (χ2v) is 12.7. The number of benzene rings is 3. The van der Waals surface area contributed by atoms with Crippen molar-refractivity contribution in [2.75, 3.05) is 31.5 Å². The molecule has 41 heavy (non-hydrogen) atoms. The molecule has 0 unspecified atom stereocenters. The van der Waals surface area contributed by atoms with Crippen LogP contribution < -0.4 is 5.32 Å². The van der Waals surface area contributed by atoms with Gasteiger partial charge in [-0.05, 0) is 55.2 Å². The number of carbonyl (C=O) groups is 2. The molecule has 1 N–H and O–H groups in total. The number of sulfonamides is 1. The lowest BCUT2D eigenvalue weighted by molar-refractivity contribution is -0.135. The maximum absolute atomic E-state index is 13.8. The van der Waals surface area contributed by atoms with Crippen molar-refractivity contribution in [3.63, 3.8) is 0 Å². The first kappa shape index (κ1) is 30.8. The first-order chi connectivity index (χ1) is 19.7. The van der Waals surface area contributed by atoms with Gasteiger partial charge in [-0.25, -0.2) is 13.2 Å². The van der Waals surface area contributed by atoms with Crippen molar-refractivity contribution in [1.29, 1.82) is 0 Å². The van der Waals surface area contributed by atoms with Crippen molar-refractivity contribution in [2.45, 2.75) is 43.7 Å². The molecule has 4 rings (SSSR count). The van der Waals surface area contributed by atoms with E-state index in [9.17, 15) is 18.0 Å². The van der Waals surface area contributed by atoms with Crippen LogP contribution in [0, 0.1) is 0 Å². The van der Waals surface area contributed by atoms with E-state index in [4.69, 9.17) is 23.2 Å². The van der Waals surface area contributed by atoms with Gasteiger partial charge >= 0.3 is 6.03 Å². The average molecular weight is 618 g/mol. The smallest absolute Gasteiger partial charge is 0.321 e. The molecule has 3 aromatic carbocycles. The number of piperidine rings is 1. The number of likely N-dealkylation sites (tertiary alicyclic amines) is 1. The molecule has 0 aromatic heterocycles. The van der Waals surface area contributed by atoms with Crippen molar-refractivity contribution in [2.24, 2.45) is 0 Å². The normalized spacial score (nSPS) is 14.2. The maximum Gasteiger partial charge on any atom is 0.321 e. The molecule has 3 amide bonds. The van der Waals surface area contributed by atoms with Crippen LogP contribution in [0.5, 0.6) is 0 Å². The topological polar surface area (TPSA) is 90.0 Å². The number of nitrogens with zero attached hydrogens (tertiary/aromatic N) is 3. The Hall–Kier alpha value is -3.11. The molecule has 11 heteroatoms. The van der Waals surface area contributed by atoms with Crippen LogP contribution in [-0.2, 0) is 21.4 Å². The second kappa shape index (κ2) is 14.2. The van der Waals surface area contributed by atoms with Gasteiger partial charge < -0.3 is 15.1 Å². The van der Waals surface area contributed by atoms with Crippen LogP contribution in [0.3, 0.4) is 0 Å². The molecule has 0 saturated carbocycles. The molecule has 0 radical (unpaired) electrons. The van der Waals surface area contributed by atoms with Crippen LogP contribution in [0.2, 0.25) is 10.0 Å². The van der Waals surface area contributed by atoms with E-state index in [-0.39, 0.29) is 36.0 Å². The third kappa shape index (κ3) is 8.01. The number of halogens is 2. The Morgan fingerprint density at radius 3 is 2.17 bits per heavy atom. The molecule has 0 aliphatic carbocycles. The number of carbonyl (C=O) groups excluding carboxylic acids is 2. The lowest BCUT2D eigenvalue weighted by atomic mass is 10.0. The Bertz CT molecular complexity index is 1430. The van der Waals surface area contributed by atoms with Crippen molar-refractivity contribution >= 4 is 50.9 Å². The summed E-state index contributed by atoms with van der Waals surface area (Å²) in [6.07, 6.45) is 1.70. The van der Waals surface area contributed by atoms with Crippen molar-refractivity contribution < 1.29 is 18.0 Å². The van der Waals surface area contributed by atoms with E-state index in [0.717, 1.165) is 5.56 Å². The van der Waals surface area contributed by atoms with Crippen LogP contribution >= 0.6 is 23.2 Å². The molecule has 8 nitrogen and oxygen atoms in total. The number of rotatable bonds is 10. The van der Waals surface area contributed by atoms with Gasteiger partial charge in [-0.1, -0.05) is 78.7 Å². The van der Waals surface area contributed by atoms with Crippen molar-refractivity contribution in [3.8, 4) is 0 Å². The van der Waals surface area contributed by atoms with Crippen LogP contribution in [0.4, 0.5) is 10.5 Å². The Morgan fingerprint density at radius 2 is 1.56 bits per heavy atom. The number of amides is 3. The van der Waals surface area contributed by atoms with E-state index in [1.165, 1.54) is 4.31 Å². The van der Waals surface area contributed by atoms with Gasteiger partial charge in [0, 0.05) is 37.9 Å². The Morgan fingerprint density at radius 1 is 0.927 bits per heavy atom. The summed E-state index contributed by atoms with van der Waals surface area (Å²) in [6.45, 7) is 3.10. The fraction of sp³-hybridized carbons (Fsp3) is 0.333. The molecular weight excluding hydrogens is 583 g/mol. The van der Waals surface area contributed by atoms with Gasteiger partial charge in [0.15, 0.2) is 0 Å². The zero-order valence-corrected chi connectivity index (χ0v) is 25.2. The Balaban J connectivity index is 1.47. The summed E-state index contributed by atoms with van der Waals surface area (Å²) in [4.78, 5) is 30.4. The number of hydrogen-bond acceptors (Lipinski definition) is 4. The predicted molar refractivity (Wildman–Crippen MR) is 163 cm³/mol. The van der Waals surface area contributed by atoms with E-state index < -0.39 is 10.0 Å². The third-order valence-electron chi connectivity index (χ3n) is 7.05. The highest BCUT2D eigenvalue weighted by molar-refractivity contribution is 7.89. The van der Waals surface area contributed by atoms with Crippen molar-refractivity contribution in [1.82, 2.24) is 14.1 Å². The fourth-order valence-electron chi connectivity index (χ4n) is 4.87. The molecular formula is C30H34Cl2N4O4S. The monoisotopic (exact) mass is 616 g/mol. The number of urea groups is 1. The third-order valence-corrected chi connectivity index (χ3v) is 9.64. The predicted octanol–water partition coefficient (Wildman–Crippen LogP) is 6.12. The van der Waals surface area contributed by atoms with Crippen LogP contribution in [0.15, 0.2) is 83.8 Å². The van der Waals surface area contributed by atoms with Gasteiger partial charge in [0.25, 0.3) is 0 Å². The minimum atomic E-state index is -3.84. The largest absolute Gasteiger partial charge is 0.334 e. The van der Waals surface area contributed by atoms with Crippen molar-refractivity contribution in [3.05, 3.63) is 94.5 Å². The highest BCUT2D eigenvalue weighted by Gasteiger charge is 2.33. The fourth-order valence-corrected chi connectivity index (χ4v) is 6.68. The first-order valence-corrected chi connectivity index (χ1v) is 15.8. The molecule has 0 bridgehead atoms. The van der Waals surface area contributed by atoms with Gasteiger partial charge in [0.2, 0.25) is 15.9 Å². The molecule has 1 heterocycles. The molecule has 1 aliphatic heterocycles. The van der Waals surface area contributed by atoms with E-state index in [1.54, 1.807) is 58.3 Å². The summed E-state index contributed by atoms with van der Waals surface area (Å²) in [6, 6.07) is 22.3. The van der Waals surface area contributed by atoms with Crippen LogP contribution in [-0.4, -0.2) is 66.7 Å². The zero-order valence-electron chi connectivity index (χ0n) is 22.9. The quantitative estimate of drug-likeness (QED) is 0.297. The first-order valence-electron chi connectivity index (χ1n) is 13.6. The second-order valence-electron chi connectivity index (χ2n) is 9.94. The molecule has 1 aliphatic rings. The highest BCUT2D eigenvalue weighted by atomic mass is 35.5. The number of nitrogens with one attached hydrogen (secondary N) is 1. The van der Waals surface area contributed by atoms with Gasteiger partial charge in [-0.2, -0.15) is 4.31 Å². The van der Waals surface area contributed by atoms with Gasteiger partial charge in [-0.3, -0.25) is 4.79 Å². The molecule has 0 spiro atoms. The Kier molecular flexibility index (Phi) is 10.7. The van der Waals surface area contributed by atoms with Gasteiger partial charge in [0.05, 0.1) is 21.5 Å². The molecule has 1 fully saturated rings. The molecule has 218 valence electrons. The number of anilines is 1. The van der Waals surface area contributed by atoms with E-state index in [2.05, 4.69) is 5.32 Å². The van der Waals surface area contributed by atoms with Crippen LogP contribution in [0.25, 0.3) is 0 Å². The standard InChI is InChI=1S/C30H34Cl2N4O4S/c1-2-17-35(41(39,40)26-11-7-4-8-12-26)22-29(37)36(21-23-9-5-3-6-10-23)25-15-18-34(19-16-25)30(38)33-24-13-14-27(31)28(32)20-24/h3-14,20,25H,2,15-19,21-22H2,1H3,(H,33,38). The summed E-state index contributed by atoms with van der Waals surface area (Å²) in [7, 11) is -3.84. The van der Waals surface area contributed by atoms with Gasteiger partial charge in [0.1, 0.15) is 0 Å².